The molecule has 1 fully saturated rings. The van der Waals surface area contributed by atoms with E-state index in [2.05, 4.69) is 22.8 Å². The second-order valence-electron chi connectivity index (χ2n) is 11.8. The van der Waals surface area contributed by atoms with Crippen molar-refractivity contribution in [3.05, 3.63) is 71.8 Å². The fourth-order valence-corrected chi connectivity index (χ4v) is 6.36. The molecule has 2 aliphatic heterocycles. The van der Waals surface area contributed by atoms with E-state index >= 15 is 0 Å². The first-order valence-electron chi connectivity index (χ1n) is 15.5. The minimum atomic E-state index is -0.914. The molecule has 2 heterocycles. The number of cyclic esters (lactones) is 1. The topological polar surface area (TPSA) is 134 Å². The van der Waals surface area contributed by atoms with Crippen LogP contribution in [0.4, 0.5) is 4.79 Å². The van der Waals surface area contributed by atoms with Crippen molar-refractivity contribution in [2.45, 2.75) is 69.5 Å². The molecule has 234 valence electrons. The van der Waals surface area contributed by atoms with Crippen LogP contribution in [0.2, 0.25) is 0 Å². The predicted molar refractivity (Wildman–Crippen MR) is 163 cm³/mol. The molecular weight excluding hydrogens is 562 g/mol. The molecule has 0 unspecified atom stereocenters. The summed E-state index contributed by atoms with van der Waals surface area (Å²) >= 11 is 0. The average molecular weight is 604 g/mol. The lowest BCUT2D eigenvalue weighted by Gasteiger charge is -2.28. The maximum atomic E-state index is 13.5. The van der Waals surface area contributed by atoms with Gasteiger partial charge in [0.1, 0.15) is 19.3 Å². The molecule has 1 saturated heterocycles. The number of carbonyl (C=O) groups is 4. The lowest BCUT2D eigenvalue weighted by Crippen LogP contribution is -2.46. The fraction of sp³-hybridized carbons (Fsp3) is 0.471. The molecule has 10 heteroatoms. The lowest BCUT2D eigenvalue weighted by molar-refractivity contribution is -0.150. The molecule has 10 nitrogen and oxygen atoms in total. The minimum absolute atomic E-state index is 0.00247. The third-order valence-electron chi connectivity index (χ3n) is 8.67. The van der Waals surface area contributed by atoms with Gasteiger partial charge in [0, 0.05) is 24.9 Å². The second-order valence-corrected chi connectivity index (χ2v) is 11.8. The van der Waals surface area contributed by atoms with Crippen LogP contribution in [0.1, 0.15) is 62.5 Å². The summed E-state index contributed by atoms with van der Waals surface area (Å²) in [5.41, 5.74) is 4.46. The van der Waals surface area contributed by atoms with Crippen LogP contribution in [0.3, 0.4) is 0 Å². The smallest absolute Gasteiger partial charge is 0.407 e. The summed E-state index contributed by atoms with van der Waals surface area (Å²) < 4.78 is 11.3. The van der Waals surface area contributed by atoms with Gasteiger partial charge in [-0.25, -0.2) is 9.59 Å². The van der Waals surface area contributed by atoms with Crippen molar-refractivity contribution in [1.29, 1.82) is 0 Å². The van der Waals surface area contributed by atoms with Gasteiger partial charge >= 0.3 is 12.1 Å². The van der Waals surface area contributed by atoms with Gasteiger partial charge in [-0.2, -0.15) is 0 Å². The quantitative estimate of drug-likeness (QED) is 0.325. The number of benzene rings is 2. The maximum absolute atomic E-state index is 13.5. The van der Waals surface area contributed by atoms with E-state index in [1.807, 2.05) is 48.6 Å². The van der Waals surface area contributed by atoms with E-state index in [0.717, 1.165) is 28.7 Å². The van der Waals surface area contributed by atoms with Crippen LogP contribution in [0.25, 0.3) is 11.1 Å². The SMILES string of the molecule is C[C@@H](CO)NC(=O)C[C@H]1CC=CCC[C@H](NC(=O)OCC2c3ccccc3-c3ccccc32)C(=O)OC[C@@H]2CCCN2C1=O. The number of rotatable bonds is 7. The largest absolute Gasteiger partial charge is 0.462 e. The third kappa shape index (κ3) is 7.30. The van der Waals surface area contributed by atoms with Crippen LogP contribution in [0.5, 0.6) is 0 Å². The van der Waals surface area contributed by atoms with Crippen molar-refractivity contribution in [3.8, 4) is 11.1 Å². The number of hydrogen-bond donors (Lipinski definition) is 3. The minimum Gasteiger partial charge on any atom is -0.462 e. The van der Waals surface area contributed by atoms with Crippen LogP contribution in [-0.4, -0.2) is 78.4 Å². The Balaban J connectivity index is 1.22. The van der Waals surface area contributed by atoms with Gasteiger partial charge in [-0.05, 0) is 61.3 Å². The Morgan fingerprint density at radius 1 is 1.05 bits per heavy atom. The molecule has 4 atom stereocenters. The molecule has 3 aliphatic rings. The summed E-state index contributed by atoms with van der Waals surface area (Å²) in [7, 11) is 0. The van der Waals surface area contributed by atoms with Gasteiger partial charge in [-0.3, -0.25) is 9.59 Å². The molecule has 1 aliphatic carbocycles. The summed E-state index contributed by atoms with van der Waals surface area (Å²) in [6.07, 6.45) is 5.57. The fourth-order valence-electron chi connectivity index (χ4n) is 6.36. The van der Waals surface area contributed by atoms with Crippen molar-refractivity contribution >= 4 is 23.9 Å². The van der Waals surface area contributed by atoms with Gasteiger partial charge < -0.3 is 30.1 Å². The zero-order valence-corrected chi connectivity index (χ0v) is 25.1. The normalized spacial score (nSPS) is 22.8. The van der Waals surface area contributed by atoms with Gasteiger partial charge in [0.15, 0.2) is 0 Å². The number of aliphatic hydroxyl groups excluding tert-OH is 1. The van der Waals surface area contributed by atoms with Crippen LogP contribution in [0.15, 0.2) is 60.7 Å². The highest BCUT2D eigenvalue weighted by Gasteiger charge is 2.36. The standard InChI is InChI=1S/C34H41N3O7/c1-22(19-38)35-31(39)18-23-10-3-2-4-16-30(33(41)43-20-24-11-9-17-37(24)32(23)40)36-34(42)44-21-29-27-14-7-5-12-25(27)26-13-6-8-15-28(26)29/h2-3,5-8,12-15,22-24,29-30,38H,4,9-11,16-21H2,1H3,(H,35,39)(H,36,42)/t22-,23+,24-,30-/m0/s1. The Hall–Kier alpha value is -4.18. The molecule has 5 rings (SSSR count). The van der Waals surface area contributed by atoms with Crippen molar-refractivity contribution in [2.75, 3.05) is 26.4 Å². The summed E-state index contributed by atoms with van der Waals surface area (Å²) in [4.78, 5) is 53.9. The highest BCUT2D eigenvalue weighted by Crippen LogP contribution is 2.44. The number of ether oxygens (including phenoxy) is 2. The first-order chi connectivity index (χ1) is 21.4. The van der Waals surface area contributed by atoms with Gasteiger partial charge in [0.25, 0.3) is 0 Å². The molecule has 0 spiro atoms. The van der Waals surface area contributed by atoms with Gasteiger partial charge in [-0.1, -0.05) is 60.7 Å². The number of aliphatic hydroxyl groups is 1. The van der Waals surface area contributed by atoms with Gasteiger partial charge in [0.05, 0.1) is 18.6 Å². The Morgan fingerprint density at radius 2 is 1.75 bits per heavy atom. The molecule has 0 radical (unpaired) electrons. The van der Waals surface area contributed by atoms with Crippen LogP contribution in [0, 0.1) is 5.92 Å². The molecule has 2 aromatic rings. The molecule has 0 aromatic heterocycles. The molecule has 44 heavy (non-hydrogen) atoms. The first kappa shape index (κ1) is 31.3. The van der Waals surface area contributed by atoms with Crippen LogP contribution < -0.4 is 10.6 Å². The van der Waals surface area contributed by atoms with Crippen molar-refractivity contribution in [3.63, 3.8) is 0 Å². The van der Waals surface area contributed by atoms with Crippen LogP contribution >= 0.6 is 0 Å². The summed E-state index contributed by atoms with van der Waals surface area (Å²) in [6, 6.07) is 14.6. The number of fused-ring (bicyclic) bond motifs is 4. The monoisotopic (exact) mass is 603 g/mol. The van der Waals surface area contributed by atoms with Crippen molar-refractivity contribution in [1.82, 2.24) is 15.5 Å². The Bertz CT molecular complexity index is 1350. The van der Waals surface area contributed by atoms with Gasteiger partial charge in [0.2, 0.25) is 11.8 Å². The van der Waals surface area contributed by atoms with E-state index in [4.69, 9.17) is 9.47 Å². The van der Waals surface area contributed by atoms with Gasteiger partial charge in [-0.15, -0.1) is 0 Å². The van der Waals surface area contributed by atoms with Crippen molar-refractivity contribution in [2.24, 2.45) is 5.92 Å². The Labute approximate surface area is 257 Å². The lowest BCUT2D eigenvalue weighted by atomic mass is 9.97. The number of nitrogens with one attached hydrogen (secondary N) is 2. The maximum Gasteiger partial charge on any atom is 0.407 e. The van der Waals surface area contributed by atoms with E-state index in [1.54, 1.807) is 11.8 Å². The summed E-state index contributed by atoms with van der Waals surface area (Å²) in [5.74, 6) is -1.68. The Kier molecular flexibility index (Phi) is 10.3. The third-order valence-corrected chi connectivity index (χ3v) is 8.67. The Morgan fingerprint density at radius 3 is 2.45 bits per heavy atom. The van der Waals surface area contributed by atoms with E-state index in [-0.39, 0.29) is 50.0 Å². The molecule has 3 amide bonds. The number of amides is 3. The molecule has 3 N–H and O–H groups in total. The number of esters is 1. The number of alkyl carbamates (subject to hydrolysis) is 1. The van der Waals surface area contributed by atoms with E-state index < -0.39 is 30.1 Å². The van der Waals surface area contributed by atoms with Crippen molar-refractivity contribution < 1.29 is 33.8 Å². The summed E-state index contributed by atoms with van der Waals surface area (Å²) in [5, 5.41) is 14.7. The zero-order chi connectivity index (χ0) is 31.1. The number of hydrogen-bond acceptors (Lipinski definition) is 7. The van der Waals surface area contributed by atoms with E-state index in [1.165, 1.54) is 0 Å². The molecule has 0 saturated carbocycles. The van der Waals surface area contributed by atoms with Crippen LogP contribution in [-0.2, 0) is 23.9 Å². The first-order valence-corrected chi connectivity index (χ1v) is 15.5. The molecular formula is C34H41N3O7. The highest BCUT2D eigenvalue weighted by molar-refractivity contribution is 5.86. The molecule has 2 aromatic carbocycles. The summed E-state index contributed by atoms with van der Waals surface area (Å²) in [6.45, 7) is 2.18. The predicted octanol–water partition coefficient (Wildman–Crippen LogP) is 3.67. The second kappa shape index (κ2) is 14.5. The number of carbonyl (C=O) groups excluding carboxylic acids is 4. The van der Waals surface area contributed by atoms with E-state index in [9.17, 15) is 24.3 Å². The number of allylic oxidation sites excluding steroid dienone is 2. The number of nitrogens with zero attached hydrogens (tertiary/aromatic N) is 1. The van der Waals surface area contributed by atoms with E-state index in [0.29, 0.717) is 32.2 Å². The zero-order valence-electron chi connectivity index (χ0n) is 25.1. The molecule has 0 bridgehead atoms. The average Bonchev–Trinajstić information content (AvgIpc) is 3.63. The highest BCUT2D eigenvalue weighted by atomic mass is 16.6.